The molecule has 0 saturated carbocycles. The summed E-state index contributed by atoms with van der Waals surface area (Å²) in [5.74, 6) is 2.33. The van der Waals surface area contributed by atoms with Crippen LogP contribution in [-0.2, 0) is 22.5 Å². The molecule has 2 aliphatic rings. The van der Waals surface area contributed by atoms with Crippen LogP contribution in [0.4, 0.5) is 17.3 Å². The van der Waals surface area contributed by atoms with Gasteiger partial charge in [0.15, 0.2) is 5.82 Å². The number of hydrogen-bond donors (Lipinski definition) is 2. The van der Waals surface area contributed by atoms with Crippen molar-refractivity contribution in [1.82, 2.24) is 15.0 Å². The number of pyridine rings is 1. The average Bonchev–Trinajstić information content (AvgIpc) is 2.86. The number of ether oxygens (including phenoxy) is 2. The molecule has 0 spiro atoms. The lowest BCUT2D eigenvalue weighted by Crippen LogP contribution is -2.38. The van der Waals surface area contributed by atoms with E-state index in [1.807, 2.05) is 44.2 Å². The van der Waals surface area contributed by atoms with E-state index in [1.54, 1.807) is 6.07 Å². The smallest absolute Gasteiger partial charge is 0.249 e. The van der Waals surface area contributed by atoms with E-state index in [1.165, 1.54) is 6.07 Å². The Hall–Kier alpha value is -3.23. The number of H-pyrrole nitrogens is 1. The number of fused-ring (bicyclic) bond motifs is 1. The Balaban J connectivity index is 0.00000119. The Bertz CT molecular complexity index is 1090. The summed E-state index contributed by atoms with van der Waals surface area (Å²) in [4.78, 5) is 26.3. The van der Waals surface area contributed by atoms with Gasteiger partial charge in [-0.05, 0) is 30.3 Å². The maximum absolute atomic E-state index is 11.5. The third kappa shape index (κ3) is 4.98. The third-order valence-electron chi connectivity index (χ3n) is 5.30. The number of benzene rings is 1. The molecule has 8 heteroatoms. The fourth-order valence-corrected chi connectivity index (χ4v) is 3.76. The van der Waals surface area contributed by atoms with Crippen LogP contribution in [0.3, 0.4) is 0 Å². The van der Waals surface area contributed by atoms with Crippen LogP contribution in [-0.4, -0.2) is 47.9 Å². The molecule has 5 rings (SSSR count). The molecule has 0 atom stereocenters. The summed E-state index contributed by atoms with van der Waals surface area (Å²) in [6.45, 7) is 8.29. The molecule has 1 fully saturated rings. The summed E-state index contributed by atoms with van der Waals surface area (Å²) < 4.78 is 11.2. The van der Waals surface area contributed by atoms with E-state index >= 15 is 0 Å². The predicted molar refractivity (Wildman–Crippen MR) is 126 cm³/mol. The summed E-state index contributed by atoms with van der Waals surface area (Å²) in [5, 5.41) is 3.20. The first-order valence-electron chi connectivity index (χ1n) is 11.1. The van der Waals surface area contributed by atoms with Crippen molar-refractivity contribution >= 4 is 17.3 Å². The minimum absolute atomic E-state index is 0.140. The largest absolute Gasteiger partial charge is 0.378 e. The predicted octanol–water partition coefficient (Wildman–Crippen LogP) is 3.51. The van der Waals surface area contributed by atoms with E-state index < -0.39 is 0 Å². The molecule has 2 N–H and O–H groups in total. The van der Waals surface area contributed by atoms with Crippen molar-refractivity contribution in [3.8, 4) is 11.4 Å². The van der Waals surface area contributed by atoms with Crippen LogP contribution in [0.25, 0.3) is 11.4 Å². The van der Waals surface area contributed by atoms with Crippen LogP contribution in [0.2, 0.25) is 0 Å². The molecule has 168 valence electrons. The maximum atomic E-state index is 11.5. The number of rotatable bonds is 4. The standard InChI is InChI=1S/C22H23N5O3.C2H6/c28-20-3-1-2-19(25-20)23-16-6-4-15(5-7-16)21-24-18-8-11-30-14-17(18)22(26-21)27-9-12-29-13-10-27;1-2/h1-7H,8-14H2,(H2,23,25,28);1-2H3. The van der Waals surface area contributed by atoms with E-state index in [-0.39, 0.29) is 5.56 Å². The molecule has 2 aliphatic heterocycles. The zero-order valence-electron chi connectivity index (χ0n) is 18.6. The number of anilines is 3. The highest BCUT2D eigenvalue weighted by molar-refractivity contribution is 5.65. The zero-order chi connectivity index (χ0) is 22.3. The quantitative estimate of drug-likeness (QED) is 0.648. The van der Waals surface area contributed by atoms with Crippen LogP contribution >= 0.6 is 0 Å². The van der Waals surface area contributed by atoms with Gasteiger partial charge in [-0.25, -0.2) is 9.97 Å². The van der Waals surface area contributed by atoms with Gasteiger partial charge in [0.2, 0.25) is 5.56 Å². The molecule has 0 unspecified atom stereocenters. The van der Waals surface area contributed by atoms with Crippen molar-refractivity contribution in [2.75, 3.05) is 43.1 Å². The van der Waals surface area contributed by atoms with Crippen molar-refractivity contribution in [3.63, 3.8) is 0 Å². The van der Waals surface area contributed by atoms with Crippen molar-refractivity contribution in [3.05, 3.63) is 64.1 Å². The topological polar surface area (TPSA) is 92.4 Å². The normalized spacial score (nSPS) is 15.4. The molecular formula is C24H29N5O3. The van der Waals surface area contributed by atoms with Crippen LogP contribution in [0.1, 0.15) is 25.1 Å². The number of hydrogen-bond acceptors (Lipinski definition) is 7. The molecule has 8 nitrogen and oxygen atoms in total. The van der Waals surface area contributed by atoms with Gasteiger partial charge in [0.1, 0.15) is 11.6 Å². The summed E-state index contributed by atoms with van der Waals surface area (Å²) >= 11 is 0. The second-order valence-corrected chi connectivity index (χ2v) is 7.33. The minimum Gasteiger partial charge on any atom is -0.378 e. The maximum Gasteiger partial charge on any atom is 0.249 e. The Labute approximate surface area is 187 Å². The molecule has 2 aromatic heterocycles. The lowest BCUT2D eigenvalue weighted by Gasteiger charge is -2.31. The van der Waals surface area contributed by atoms with E-state index in [4.69, 9.17) is 19.4 Å². The first kappa shape index (κ1) is 22.0. The average molecular weight is 436 g/mol. The first-order chi connectivity index (χ1) is 15.8. The Kier molecular flexibility index (Phi) is 7.14. The highest BCUT2D eigenvalue weighted by Crippen LogP contribution is 2.30. The van der Waals surface area contributed by atoms with Crippen LogP contribution < -0.4 is 15.8 Å². The van der Waals surface area contributed by atoms with Crippen molar-refractivity contribution < 1.29 is 9.47 Å². The third-order valence-corrected chi connectivity index (χ3v) is 5.30. The SMILES string of the molecule is CC.O=c1cccc(Nc2ccc(-c3nc4c(c(N5CCOCC5)n3)COCC4)cc2)[nH]1. The van der Waals surface area contributed by atoms with E-state index in [2.05, 4.69) is 15.2 Å². The van der Waals surface area contributed by atoms with Crippen LogP contribution in [0, 0.1) is 0 Å². The number of aromatic amines is 1. The van der Waals surface area contributed by atoms with Crippen molar-refractivity contribution in [2.45, 2.75) is 26.9 Å². The number of morpholine rings is 1. The summed E-state index contributed by atoms with van der Waals surface area (Å²) in [5.41, 5.74) is 3.85. The van der Waals surface area contributed by atoms with Gasteiger partial charge in [-0.2, -0.15) is 0 Å². The van der Waals surface area contributed by atoms with Crippen molar-refractivity contribution in [1.29, 1.82) is 0 Å². The van der Waals surface area contributed by atoms with Gasteiger partial charge < -0.3 is 24.7 Å². The minimum atomic E-state index is -0.140. The van der Waals surface area contributed by atoms with Gasteiger partial charge in [0.05, 0.1) is 32.1 Å². The molecule has 0 bridgehead atoms. The van der Waals surface area contributed by atoms with E-state index in [0.29, 0.717) is 32.2 Å². The molecule has 1 aromatic carbocycles. The fraction of sp³-hybridized carbons (Fsp3) is 0.375. The number of aromatic nitrogens is 3. The number of nitrogens with zero attached hydrogens (tertiary/aromatic N) is 3. The van der Waals surface area contributed by atoms with Gasteiger partial charge in [-0.3, -0.25) is 4.79 Å². The monoisotopic (exact) mass is 435 g/mol. The highest BCUT2D eigenvalue weighted by Gasteiger charge is 2.23. The van der Waals surface area contributed by atoms with Crippen molar-refractivity contribution in [2.24, 2.45) is 0 Å². The van der Waals surface area contributed by atoms with E-state index in [9.17, 15) is 4.79 Å². The molecule has 0 radical (unpaired) electrons. The second kappa shape index (κ2) is 10.4. The summed E-state index contributed by atoms with van der Waals surface area (Å²) in [6, 6.07) is 12.9. The summed E-state index contributed by atoms with van der Waals surface area (Å²) in [6.07, 6.45) is 0.795. The highest BCUT2D eigenvalue weighted by atomic mass is 16.5. The second-order valence-electron chi connectivity index (χ2n) is 7.33. The molecule has 0 amide bonds. The molecule has 4 heterocycles. The Morgan fingerprint density at radius 2 is 1.75 bits per heavy atom. The van der Waals surface area contributed by atoms with Gasteiger partial charge >= 0.3 is 0 Å². The van der Waals surface area contributed by atoms with Crippen LogP contribution in [0.5, 0.6) is 0 Å². The van der Waals surface area contributed by atoms with Gasteiger partial charge in [-0.15, -0.1) is 0 Å². The molecule has 1 saturated heterocycles. The Morgan fingerprint density at radius 1 is 0.969 bits per heavy atom. The Morgan fingerprint density at radius 3 is 2.50 bits per heavy atom. The van der Waals surface area contributed by atoms with E-state index in [0.717, 1.165) is 53.7 Å². The van der Waals surface area contributed by atoms with Gasteiger partial charge in [0.25, 0.3) is 0 Å². The molecule has 0 aliphatic carbocycles. The first-order valence-corrected chi connectivity index (χ1v) is 11.1. The fourth-order valence-electron chi connectivity index (χ4n) is 3.76. The molecule has 32 heavy (non-hydrogen) atoms. The van der Waals surface area contributed by atoms with Gasteiger partial charge in [0, 0.05) is 42.4 Å². The molecule has 3 aromatic rings. The molecular weight excluding hydrogens is 406 g/mol. The lowest BCUT2D eigenvalue weighted by molar-refractivity contribution is 0.107. The zero-order valence-corrected chi connectivity index (χ0v) is 18.6. The lowest BCUT2D eigenvalue weighted by atomic mass is 10.1. The van der Waals surface area contributed by atoms with Gasteiger partial charge in [-0.1, -0.05) is 19.9 Å². The number of nitrogens with one attached hydrogen (secondary N) is 2. The summed E-state index contributed by atoms with van der Waals surface area (Å²) in [7, 11) is 0. The van der Waals surface area contributed by atoms with Crippen LogP contribution in [0.15, 0.2) is 47.3 Å².